The predicted octanol–water partition coefficient (Wildman–Crippen LogP) is -2.18. The van der Waals surface area contributed by atoms with Crippen LogP contribution in [0.5, 0.6) is 23.3 Å². The zero-order chi connectivity index (χ0) is 40.0. The molecule has 6 aromatic rings. The van der Waals surface area contributed by atoms with Gasteiger partial charge in [-0.2, -0.15) is 20.4 Å². The fourth-order valence-electron chi connectivity index (χ4n) is 5.54. The summed E-state index contributed by atoms with van der Waals surface area (Å²) in [5.41, 5.74) is 2.04. The van der Waals surface area contributed by atoms with Crippen molar-refractivity contribution in [2.75, 3.05) is 0 Å². The molecule has 0 amide bonds. The number of hydrogen-bond acceptors (Lipinski definition) is 16. The molecule has 6 rings (SSSR count). The molecule has 0 aliphatic carbocycles. The predicted molar refractivity (Wildman–Crippen MR) is 184 cm³/mol. The van der Waals surface area contributed by atoms with E-state index in [1.807, 2.05) is 0 Å². The third kappa shape index (κ3) is 11.5. The smallest absolute Gasteiger partial charge is 0.871 e. The molecule has 0 aliphatic rings. The van der Waals surface area contributed by atoms with Gasteiger partial charge in [-0.15, -0.1) is 10.2 Å². The van der Waals surface area contributed by atoms with E-state index in [0.717, 1.165) is 33.6 Å². The second kappa shape index (κ2) is 20.4. The third-order valence-electron chi connectivity index (χ3n) is 8.32. The van der Waals surface area contributed by atoms with Crippen molar-refractivity contribution >= 4 is 43.0 Å². The fraction of sp³-hybridized carbons (Fsp3) is 0.143. The van der Waals surface area contributed by atoms with E-state index in [2.05, 4.69) is 30.7 Å². The van der Waals surface area contributed by atoms with E-state index in [9.17, 15) is 46.4 Å². The molecule has 18 nitrogen and oxygen atoms in total. The Bertz CT molecular complexity index is 2820. The molecule has 0 N–H and O–H groups in total. The van der Waals surface area contributed by atoms with Gasteiger partial charge in [-0.25, -0.2) is 26.2 Å². The van der Waals surface area contributed by atoms with Crippen LogP contribution >= 0.6 is 0 Å². The molecule has 0 spiro atoms. The number of rotatable bonds is 10. The minimum atomic E-state index is -4.71. The van der Waals surface area contributed by atoms with Gasteiger partial charge in [0.2, 0.25) is 0 Å². The van der Waals surface area contributed by atoms with Crippen LogP contribution in [0.1, 0.15) is 33.6 Å². The molecule has 302 valence electrons. The average molecular weight is 956 g/mol. The van der Waals surface area contributed by atoms with E-state index in [1.54, 1.807) is 12.1 Å². The number of aromatic nitrogens is 4. The van der Waals surface area contributed by atoms with Crippen LogP contribution in [0.3, 0.4) is 0 Å². The maximum absolute atomic E-state index is 13.2. The van der Waals surface area contributed by atoms with E-state index >= 15 is 0 Å². The van der Waals surface area contributed by atoms with Gasteiger partial charge < -0.3 is 29.5 Å². The van der Waals surface area contributed by atoms with E-state index < -0.39 is 53.3 Å². The molecule has 0 unspecified atom stereocenters. The zero-order valence-corrected chi connectivity index (χ0v) is 39.2. The van der Waals surface area contributed by atoms with Crippen molar-refractivity contribution in [3.05, 3.63) is 106 Å². The van der Waals surface area contributed by atoms with Gasteiger partial charge in [-0.05, 0) is 105 Å². The Hall–Kier alpha value is -3.44. The van der Waals surface area contributed by atoms with Crippen LogP contribution in [0.2, 0.25) is 0 Å². The second-order valence-electron chi connectivity index (χ2n) is 12.3. The Morgan fingerprint density at radius 1 is 0.542 bits per heavy atom. The standard InChI is InChI=1S/C35H32N8O10S2.2Cu.2Na/c1-18-13-24(54(48,49)50)7-10-28(18)42-34(46)32(20(3)40-42)38-36-26-9-5-23(17-31(26)45)15-22-6-12-30(44)27(16-22)37-39-33-21(4)41-43(35(33)47)29-11-8-25(14-19(29)2)55(51,52)53;;;;/h5-14,16-17,44-47H,15H2,1-4H3,(H,48,49,50)(H,51,52,53);;;;/q;2*+2;2*+1/p-6. The quantitative estimate of drug-likeness (QED) is 0.0805. The van der Waals surface area contributed by atoms with Crippen LogP contribution in [0.4, 0.5) is 22.7 Å². The minimum Gasteiger partial charge on any atom is -0.871 e. The van der Waals surface area contributed by atoms with Crippen molar-refractivity contribution in [2.45, 2.75) is 43.9 Å². The summed E-state index contributed by atoms with van der Waals surface area (Å²) in [5.74, 6) is -2.38. The van der Waals surface area contributed by atoms with Crippen molar-refractivity contribution in [1.29, 1.82) is 0 Å². The first-order valence-electron chi connectivity index (χ1n) is 15.9. The van der Waals surface area contributed by atoms with Crippen LogP contribution in [0, 0.1) is 27.7 Å². The average Bonchev–Trinajstić information content (AvgIpc) is 3.55. The van der Waals surface area contributed by atoms with Gasteiger partial charge in [0.05, 0.1) is 43.9 Å². The van der Waals surface area contributed by atoms with Crippen LogP contribution in [0.25, 0.3) is 11.4 Å². The summed E-state index contributed by atoms with van der Waals surface area (Å²) in [4.78, 5) is -0.917. The van der Waals surface area contributed by atoms with Gasteiger partial charge in [-0.3, -0.25) is 0 Å². The normalized spacial score (nSPS) is 11.5. The maximum Gasteiger partial charge on any atom is 2.00 e. The number of benzene rings is 4. The molecule has 0 atom stereocenters. The second-order valence-corrected chi connectivity index (χ2v) is 15.0. The van der Waals surface area contributed by atoms with Gasteiger partial charge in [-0.1, -0.05) is 35.8 Å². The van der Waals surface area contributed by atoms with Crippen LogP contribution in [0.15, 0.2) is 103 Å². The molecule has 24 heteroatoms. The summed E-state index contributed by atoms with van der Waals surface area (Å²) in [5, 5.41) is 76.1. The summed E-state index contributed by atoms with van der Waals surface area (Å²) < 4.78 is 70.2. The van der Waals surface area contributed by atoms with Crippen molar-refractivity contribution in [2.24, 2.45) is 20.5 Å². The molecule has 4 aromatic carbocycles. The number of azo groups is 2. The maximum atomic E-state index is 13.2. The van der Waals surface area contributed by atoms with Gasteiger partial charge in [0.25, 0.3) is 0 Å². The number of hydrogen-bond donors (Lipinski definition) is 0. The molecule has 0 aliphatic heterocycles. The first-order valence-corrected chi connectivity index (χ1v) is 18.7. The first-order chi connectivity index (χ1) is 25.8. The Balaban J connectivity index is 0.00000300. The van der Waals surface area contributed by atoms with Crippen molar-refractivity contribution in [1.82, 2.24) is 19.6 Å². The van der Waals surface area contributed by atoms with Crippen molar-refractivity contribution < 1.29 is 140 Å². The Labute approximate surface area is 403 Å². The van der Waals surface area contributed by atoms with Crippen LogP contribution < -0.4 is 79.5 Å². The summed E-state index contributed by atoms with van der Waals surface area (Å²) in [6.07, 6.45) is 0.190. The topological polar surface area (TPSA) is 292 Å². The Morgan fingerprint density at radius 2 is 0.966 bits per heavy atom. The number of nitrogens with zero attached hydrogens (tertiary/aromatic N) is 8. The Morgan fingerprint density at radius 3 is 1.39 bits per heavy atom. The van der Waals surface area contributed by atoms with Crippen molar-refractivity contribution in [3.63, 3.8) is 0 Å². The monoisotopic (exact) mass is 954 g/mol. The zero-order valence-electron chi connectivity index (χ0n) is 31.7. The fourth-order valence-corrected chi connectivity index (χ4v) is 6.65. The SMILES string of the molecule is Cc1cc(S(=O)(=O)[O-])ccc1-n1nc(C)c(N=Nc2ccc(Cc3ccc([O-])c(N=Nc4c(C)nn(-c5ccc(S(=O)(=O)[O-])cc5C)c4[O-])c3)cc2[O-])c1[O-].[Cu+2].[Cu+2].[Na+].[Na+]. The Kier molecular flexibility index (Phi) is 17.9. The van der Waals surface area contributed by atoms with E-state index in [-0.39, 0.29) is 145 Å². The van der Waals surface area contributed by atoms with E-state index in [0.29, 0.717) is 22.3 Å². The molecule has 2 radical (unpaired) electrons. The molecule has 2 heterocycles. The largest absolute Gasteiger partial charge is 2.00 e. The van der Waals surface area contributed by atoms with Crippen LogP contribution in [-0.2, 0) is 60.8 Å². The van der Waals surface area contributed by atoms with E-state index in [1.165, 1.54) is 64.1 Å². The van der Waals surface area contributed by atoms with Gasteiger partial charge in [0.15, 0.2) is 0 Å². The van der Waals surface area contributed by atoms with Gasteiger partial charge >= 0.3 is 93.3 Å². The molecule has 59 heavy (non-hydrogen) atoms. The van der Waals surface area contributed by atoms with Gasteiger partial charge in [0.1, 0.15) is 31.6 Å². The number of aryl methyl sites for hydroxylation is 4. The third-order valence-corrected chi connectivity index (χ3v) is 9.98. The minimum absolute atomic E-state index is 0. The molecular weight excluding hydrogens is 930 g/mol. The summed E-state index contributed by atoms with van der Waals surface area (Å²) in [6, 6.07) is 15.5. The molecule has 0 saturated heterocycles. The van der Waals surface area contributed by atoms with E-state index in [4.69, 9.17) is 0 Å². The molecular formula is C35H26Cu2N8Na2O10S2. The molecule has 0 saturated carbocycles. The molecule has 0 bridgehead atoms. The van der Waals surface area contributed by atoms with Crippen molar-refractivity contribution in [3.8, 4) is 34.6 Å². The summed E-state index contributed by atoms with van der Waals surface area (Å²) >= 11 is 0. The summed E-state index contributed by atoms with van der Waals surface area (Å²) in [6.45, 7) is 6.02. The van der Waals surface area contributed by atoms with Crippen LogP contribution in [-0.4, -0.2) is 45.5 Å². The van der Waals surface area contributed by atoms with Gasteiger partial charge in [0, 0.05) is 11.8 Å². The molecule has 0 fully saturated rings. The summed E-state index contributed by atoms with van der Waals surface area (Å²) in [7, 11) is -9.41. The first kappa shape index (κ1) is 51.7. The molecule has 2 aromatic heterocycles.